The number of benzene rings is 1. The van der Waals surface area contributed by atoms with Crippen LogP contribution in [0.1, 0.15) is 17.4 Å². The number of ether oxygens (including phenoxy) is 1. The zero-order valence-electron chi connectivity index (χ0n) is 10.3. The molecule has 1 aromatic heterocycles. The van der Waals surface area contributed by atoms with Crippen molar-refractivity contribution in [3.05, 3.63) is 35.6 Å². The van der Waals surface area contributed by atoms with Gasteiger partial charge in [0.05, 0.1) is 12.7 Å². The molecule has 1 N–H and O–H groups in total. The first-order valence-corrected chi connectivity index (χ1v) is 7.27. The first kappa shape index (κ1) is 12.1. The number of aliphatic hydroxyl groups is 1. The third kappa shape index (κ3) is 2.16. The van der Waals surface area contributed by atoms with Crippen LogP contribution in [0.3, 0.4) is 0 Å². The Bertz CT molecular complexity index is 543. The van der Waals surface area contributed by atoms with Crippen molar-refractivity contribution in [2.24, 2.45) is 0 Å². The minimum Gasteiger partial charge on any atom is -0.458 e. The Morgan fingerprint density at radius 1 is 1.44 bits per heavy atom. The summed E-state index contributed by atoms with van der Waals surface area (Å²) in [6.45, 7) is 2.71. The zero-order valence-corrected chi connectivity index (χ0v) is 11.1. The second-order valence-corrected chi connectivity index (χ2v) is 5.72. The summed E-state index contributed by atoms with van der Waals surface area (Å²) >= 11 is 1.81. The van der Waals surface area contributed by atoms with Crippen LogP contribution in [-0.2, 0) is 4.74 Å². The standard InChI is InChI=1S/C14H16O3S/c1-9-3-2-4-10-7-11(17-14(9)10)13(15)12-8-18-6-5-16-12/h2-4,7,12-13,15H,5-6,8H2,1H3. The maximum Gasteiger partial charge on any atom is 0.138 e. The molecule has 3 nitrogen and oxygen atoms in total. The van der Waals surface area contributed by atoms with Crippen LogP contribution in [0.15, 0.2) is 28.7 Å². The molecule has 4 heteroatoms. The molecular formula is C14H16O3S. The van der Waals surface area contributed by atoms with Crippen molar-refractivity contribution in [1.82, 2.24) is 0 Å². The number of thioether (sulfide) groups is 1. The van der Waals surface area contributed by atoms with Crippen molar-refractivity contribution in [2.75, 3.05) is 18.1 Å². The summed E-state index contributed by atoms with van der Waals surface area (Å²) in [4.78, 5) is 0. The largest absolute Gasteiger partial charge is 0.458 e. The van der Waals surface area contributed by atoms with Crippen molar-refractivity contribution in [2.45, 2.75) is 19.1 Å². The molecule has 1 aliphatic rings. The van der Waals surface area contributed by atoms with E-state index < -0.39 is 6.10 Å². The molecule has 1 aliphatic heterocycles. The lowest BCUT2D eigenvalue weighted by molar-refractivity contribution is -0.0311. The molecule has 2 unspecified atom stereocenters. The van der Waals surface area contributed by atoms with Gasteiger partial charge in [-0.05, 0) is 18.6 Å². The number of fused-ring (bicyclic) bond motifs is 1. The number of para-hydroxylation sites is 1. The molecule has 0 saturated carbocycles. The zero-order chi connectivity index (χ0) is 12.5. The van der Waals surface area contributed by atoms with E-state index in [0.29, 0.717) is 12.4 Å². The van der Waals surface area contributed by atoms with Gasteiger partial charge in [-0.1, -0.05) is 18.2 Å². The van der Waals surface area contributed by atoms with E-state index in [0.717, 1.165) is 28.0 Å². The summed E-state index contributed by atoms with van der Waals surface area (Å²) in [5, 5.41) is 11.3. The van der Waals surface area contributed by atoms with E-state index in [1.165, 1.54) is 0 Å². The fourth-order valence-electron chi connectivity index (χ4n) is 2.25. The highest BCUT2D eigenvalue weighted by atomic mass is 32.2. The Morgan fingerprint density at radius 2 is 2.33 bits per heavy atom. The molecule has 1 aromatic carbocycles. The van der Waals surface area contributed by atoms with Gasteiger partial charge in [-0.2, -0.15) is 11.8 Å². The van der Waals surface area contributed by atoms with Gasteiger partial charge in [-0.3, -0.25) is 0 Å². The highest BCUT2D eigenvalue weighted by Crippen LogP contribution is 2.30. The van der Waals surface area contributed by atoms with Crippen LogP contribution in [-0.4, -0.2) is 29.3 Å². The lowest BCUT2D eigenvalue weighted by Gasteiger charge is -2.25. The SMILES string of the molecule is Cc1cccc2cc(C(O)C3CSCCO3)oc12. The minimum absolute atomic E-state index is 0.162. The van der Waals surface area contributed by atoms with Crippen LogP contribution in [0.2, 0.25) is 0 Å². The quantitative estimate of drug-likeness (QED) is 0.905. The number of hydrogen-bond acceptors (Lipinski definition) is 4. The summed E-state index contributed by atoms with van der Waals surface area (Å²) in [7, 11) is 0. The Kier molecular flexibility index (Phi) is 3.33. The van der Waals surface area contributed by atoms with Gasteiger partial charge in [0, 0.05) is 16.9 Å². The van der Waals surface area contributed by atoms with Gasteiger partial charge in [0.1, 0.15) is 17.4 Å². The van der Waals surface area contributed by atoms with Gasteiger partial charge < -0.3 is 14.3 Å². The number of furan rings is 1. The van der Waals surface area contributed by atoms with E-state index in [9.17, 15) is 5.11 Å². The topological polar surface area (TPSA) is 42.6 Å². The van der Waals surface area contributed by atoms with Gasteiger partial charge >= 0.3 is 0 Å². The monoisotopic (exact) mass is 264 g/mol. The third-order valence-corrected chi connectivity index (χ3v) is 4.26. The van der Waals surface area contributed by atoms with Crippen LogP contribution in [0.5, 0.6) is 0 Å². The van der Waals surface area contributed by atoms with Gasteiger partial charge in [-0.25, -0.2) is 0 Å². The van der Waals surface area contributed by atoms with Crippen molar-refractivity contribution in [1.29, 1.82) is 0 Å². The third-order valence-electron chi connectivity index (χ3n) is 3.25. The first-order valence-electron chi connectivity index (χ1n) is 6.12. The number of aryl methyl sites for hydroxylation is 1. The van der Waals surface area contributed by atoms with Gasteiger partial charge in [0.2, 0.25) is 0 Å². The van der Waals surface area contributed by atoms with Crippen LogP contribution >= 0.6 is 11.8 Å². The summed E-state index contributed by atoms with van der Waals surface area (Å²) in [5.74, 6) is 2.42. The lowest BCUT2D eigenvalue weighted by Crippen LogP contribution is -2.29. The number of aliphatic hydroxyl groups excluding tert-OH is 1. The van der Waals surface area contributed by atoms with Crippen molar-refractivity contribution in [3.8, 4) is 0 Å². The molecule has 0 amide bonds. The van der Waals surface area contributed by atoms with Crippen molar-refractivity contribution >= 4 is 22.7 Å². The van der Waals surface area contributed by atoms with Crippen LogP contribution < -0.4 is 0 Å². The molecule has 1 saturated heterocycles. The van der Waals surface area contributed by atoms with E-state index >= 15 is 0 Å². The first-order chi connectivity index (χ1) is 8.75. The normalized spacial score (nSPS) is 22.2. The average Bonchev–Trinajstić information content (AvgIpc) is 2.84. The van der Waals surface area contributed by atoms with E-state index in [1.54, 1.807) is 0 Å². The molecule has 0 spiro atoms. The molecule has 18 heavy (non-hydrogen) atoms. The fourth-order valence-corrected chi connectivity index (χ4v) is 3.14. The Balaban J connectivity index is 1.91. The summed E-state index contributed by atoms with van der Waals surface area (Å²) in [5.41, 5.74) is 1.94. The summed E-state index contributed by atoms with van der Waals surface area (Å²) in [6.07, 6.45) is -0.839. The second-order valence-electron chi connectivity index (χ2n) is 4.57. The van der Waals surface area contributed by atoms with E-state index in [1.807, 2.05) is 43.0 Å². The maximum atomic E-state index is 10.3. The predicted molar refractivity (Wildman–Crippen MR) is 73.0 cm³/mol. The highest BCUT2D eigenvalue weighted by Gasteiger charge is 2.27. The second kappa shape index (κ2) is 4.96. The predicted octanol–water partition coefficient (Wildman–Crippen LogP) is 2.91. The highest BCUT2D eigenvalue weighted by molar-refractivity contribution is 7.99. The van der Waals surface area contributed by atoms with E-state index in [-0.39, 0.29) is 6.10 Å². The van der Waals surface area contributed by atoms with Gasteiger partial charge in [-0.15, -0.1) is 0 Å². The van der Waals surface area contributed by atoms with E-state index in [2.05, 4.69) is 0 Å². The molecule has 0 aliphatic carbocycles. The van der Waals surface area contributed by atoms with Crippen LogP contribution in [0.25, 0.3) is 11.0 Å². The molecule has 3 rings (SSSR count). The van der Waals surface area contributed by atoms with Crippen LogP contribution in [0.4, 0.5) is 0 Å². The van der Waals surface area contributed by atoms with Gasteiger partial charge in [0.15, 0.2) is 0 Å². The molecule has 2 atom stereocenters. The molecule has 1 fully saturated rings. The fraction of sp³-hybridized carbons (Fsp3) is 0.429. The summed E-state index contributed by atoms with van der Waals surface area (Å²) in [6, 6.07) is 7.92. The smallest absolute Gasteiger partial charge is 0.138 e. The molecule has 2 aromatic rings. The molecule has 2 heterocycles. The number of rotatable bonds is 2. The number of hydrogen-bond donors (Lipinski definition) is 1. The Morgan fingerprint density at radius 3 is 3.06 bits per heavy atom. The minimum atomic E-state index is -0.676. The molecule has 0 bridgehead atoms. The molecular weight excluding hydrogens is 248 g/mol. The average molecular weight is 264 g/mol. The van der Waals surface area contributed by atoms with E-state index in [4.69, 9.17) is 9.15 Å². The Hall–Kier alpha value is -0.970. The molecule has 96 valence electrons. The van der Waals surface area contributed by atoms with Gasteiger partial charge in [0.25, 0.3) is 0 Å². The maximum absolute atomic E-state index is 10.3. The lowest BCUT2D eigenvalue weighted by atomic mass is 10.1. The van der Waals surface area contributed by atoms with Crippen molar-refractivity contribution in [3.63, 3.8) is 0 Å². The molecule has 0 radical (unpaired) electrons. The van der Waals surface area contributed by atoms with Crippen molar-refractivity contribution < 1.29 is 14.3 Å². The summed E-state index contributed by atoms with van der Waals surface area (Å²) < 4.78 is 11.4. The Labute approximate surface area is 110 Å². The van der Waals surface area contributed by atoms with Crippen LogP contribution in [0, 0.1) is 6.92 Å².